The average Bonchev–Trinajstić information content (AvgIpc) is 2.31. The molecule has 5 nitrogen and oxygen atoms in total. The van der Waals surface area contributed by atoms with Crippen LogP contribution >= 0.6 is 0 Å². The van der Waals surface area contributed by atoms with Gasteiger partial charge in [0.15, 0.2) is 0 Å². The normalized spacial score (nSPS) is 11.6. The molecule has 0 fully saturated rings. The van der Waals surface area contributed by atoms with Crippen LogP contribution in [0.3, 0.4) is 0 Å². The lowest BCUT2D eigenvalue weighted by Gasteiger charge is -2.04. The molecule has 0 aromatic heterocycles. The third kappa shape index (κ3) is 8.40. The van der Waals surface area contributed by atoms with Gasteiger partial charge in [0.1, 0.15) is 0 Å². The number of ether oxygens (including phenoxy) is 3. The maximum atomic E-state index is 11.0. The summed E-state index contributed by atoms with van der Waals surface area (Å²) in [5.74, 6) is -0.293. The molecule has 0 amide bonds. The zero-order valence-electron chi connectivity index (χ0n) is 10.2. The Labute approximate surface area is 96.8 Å². The van der Waals surface area contributed by atoms with Crippen molar-refractivity contribution in [3.63, 3.8) is 0 Å². The second-order valence-corrected chi connectivity index (χ2v) is 3.19. The second kappa shape index (κ2) is 10.6. The van der Waals surface area contributed by atoms with Crippen LogP contribution in [-0.4, -0.2) is 53.1 Å². The summed E-state index contributed by atoms with van der Waals surface area (Å²) >= 11 is 0. The topological polar surface area (TPSA) is 56.8 Å². The van der Waals surface area contributed by atoms with E-state index in [1.54, 1.807) is 20.1 Å². The summed E-state index contributed by atoms with van der Waals surface area (Å²) < 4.78 is 14.6. The molecule has 0 saturated heterocycles. The van der Waals surface area contributed by atoms with Crippen LogP contribution in [0.2, 0.25) is 0 Å². The van der Waals surface area contributed by atoms with E-state index in [9.17, 15) is 4.79 Å². The Hall–Kier alpha value is -0.910. The molecule has 1 N–H and O–H groups in total. The van der Waals surface area contributed by atoms with Crippen molar-refractivity contribution in [2.45, 2.75) is 6.92 Å². The van der Waals surface area contributed by atoms with E-state index >= 15 is 0 Å². The summed E-state index contributed by atoms with van der Waals surface area (Å²) in [6.07, 6.45) is 1.79. The van der Waals surface area contributed by atoms with E-state index in [2.05, 4.69) is 10.1 Å². The molecule has 0 spiro atoms. The Kier molecular flexibility index (Phi) is 10.00. The number of methoxy groups -OCH3 is 2. The van der Waals surface area contributed by atoms with Crippen molar-refractivity contribution < 1.29 is 19.0 Å². The minimum Gasteiger partial charge on any atom is -0.466 e. The summed E-state index contributed by atoms with van der Waals surface area (Å²) in [5.41, 5.74) is 0.607. The van der Waals surface area contributed by atoms with E-state index in [1.165, 1.54) is 7.11 Å². The molecule has 0 aromatic rings. The highest BCUT2D eigenvalue weighted by Gasteiger charge is 2.00. The van der Waals surface area contributed by atoms with Crippen molar-refractivity contribution in [1.29, 1.82) is 0 Å². The Morgan fingerprint density at radius 1 is 1.25 bits per heavy atom. The fraction of sp³-hybridized carbons (Fsp3) is 0.727. The molecule has 94 valence electrons. The largest absolute Gasteiger partial charge is 0.466 e. The van der Waals surface area contributed by atoms with E-state index in [1.807, 2.05) is 0 Å². The smallest absolute Gasteiger partial charge is 0.333 e. The van der Waals surface area contributed by atoms with E-state index < -0.39 is 0 Å². The van der Waals surface area contributed by atoms with Crippen LogP contribution in [0.1, 0.15) is 6.92 Å². The Morgan fingerprint density at radius 2 is 2.00 bits per heavy atom. The SMILES string of the molecule is COCCOCCNC/C=C(/C)C(=O)OC. The number of carbonyl (C=O) groups is 1. The first-order valence-electron chi connectivity index (χ1n) is 5.24. The number of hydrogen-bond donors (Lipinski definition) is 1. The van der Waals surface area contributed by atoms with E-state index in [0.717, 1.165) is 6.54 Å². The van der Waals surface area contributed by atoms with Gasteiger partial charge in [0.05, 0.1) is 26.9 Å². The van der Waals surface area contributed by atoms with Gasteiger partial charge in [-0.15, -0.1) is 0 Å². The van der Waals surface area contributed by atoms with Crippen molar-refractivity contribution in [2.75, 3.05) is 47.1 Å². The minimum absolute atomic E-state index is 0.293. The molecule has 0 bridgehead atoms. The van der Waals surface area contributed by atoms with Crippen LogP contribution in [0.15, 0.2) is 11.6 Å². The van der Waals surface area contributed by atoms with Gasteiger partial charge in [-0.05, 0) is 6.92 Å². The van der Waals surface area contributed by atoms with Crippen LogP contribution in [0, 0.1) is 0 Å². The number of esters is 1. The quantitative estimate of drug-likeness (QED) is 0.353. The lowest BCUT2D eigenvalue weighted by atomic mass is 10.3. The van der Waals surface area contributed by atoms with Crippen LogP contribution in [-0.2, 0) is 19.0 Å². The molecule has 5 heteroatoms. The summed E-state index contributed by atoms with van der Waals surface area (Å²) in [6, 6.07) is 0. The molecule has 0 aliphatic rings. The van der Waals surface area contributed by atoms with Crippen molar-refractivity contribution in [1.82, 2.24) is 5.32 Å². The van der Waals surface area contributed by atoms with E-state index in [4.69, 9.17) is 9.47 Å². The lowest BCUT2D eigenvalue weighted by molar-refractivity contribution is -0.136. The fourth-order valence-electron chi connectivity index (χ4n) is 0.960. The molecule has 0 radical (unpaired) electrons. The maximum absolute atomic E-state index is 11.0. The number of nitrogens with one attached hydrogen (secondary N) is 1. The molecule has 0 aliphatic heterocycles. The monoisotopic (exact) mass is 231 g/mol. The third-order valence-electron chi connectivity index (χ3n) is 1.91. The van der Waals surface area contributed by atoms with E-state index in [0.29, 0.717) is 31.9 Å². The summed E-state index contributed by atoms with van der Waals surface area (Å²) in [4.78, 5) is 11.0. The minimum atomic E-state index is -0.293. The second-order valence-electron chi connectivity index (χ2n) is 3.19. The molecule has 0 aliphatic carbocycles. The zero-order chi connectivity index (χ0) is 12.2. The summed E-state index contributed by atoms with van der Waals surface area (Å²) in [6.45, 7) is 4.96. The fourth-order valence-corrected chi connectivity index (χ4v) is 0.960. The van der Waals surface area contributed by atoms with E-state index in [-0.39, 0.29) is 5.97 Å². The molecule has 0 heterocycles. The zero-order valence-corrected chi connectivity index (χ0v) is 10.2. The van der Waals surface area contributed by atoms with Crippen molar-refractivity contribution in [3.8, 4) is 0 Å². The highest BCUT2D eigenvalue weighted by Crippen LogP contribution is 1.93. The van der Waals surface area contributed by atoms with Crippen LogP contribution < -0.4 is 5.32 Å². The van der Waals surface area contributed by atoms with Gasteiger partial charge in [-0.3, -0.25) is 0 Å². The Morgan fingerprint density at radius 3 is 2.62 bits per heavy atom. The van der Waals surface area contributed by atoms with Gasteiger partial charge in [0.2, 0.25) is 0 Å². The molecule has 0 rings (SSSR count). The molecule has 0 aromatic carbocycles. The average molecular weight is 231 g/mol. The van der Waals surface area contributed by atoms with Gasteiger partial charge in [0.25, 0.3) is 0 Å². The number of carbonyl (C=O) groups excluding carboxylic acids is 1. The molecule has 0 unspecified atom stereocenters. The summed E-state index contributed by atoms with van der Waals surface area (Å²) in [7, 11) is 3.01. The van der Waals surface area contributed by atoms with Gasteiger partial charge in [-0.1, -0.05) is 6.08 Å². The van der Waals surface area contributed by atoms with Crippen LogP contribution in [0.4, 0.5) is 0 Å². The number of hydrogen-bond acceptors (Lipinski definition) is 5. The van der Waals surface area contributed by atoms with Crippen LogP contribution in [0.5, 0.6) is 0 Å². The molecule has 0 saturated carbocycles. The van der Waals surface area contributed by atoms with Gasteiger partial charge in [-0.25, -0.2) is 4.79 Å². The standard InChI is InChI=1S/C11H21NO4/c1-10(11(13)15-3)4-5-12-6-7-16-9-8-14-2/h4,12H,5-9H2,1-3H3/b10-4-. The third-order valence-corrected chi connectivity index (χ3v) is 1.91. The predicted molar refractivity (Wildman–Crippen MR) is 61.3 cm³/mol. The first-order valence-corrected chi connectivity index (χ1v) is 5.24. The van der Waals surface area contributed by atoms with Gasteiger partial charge in [0, 0.05) is 25.8 Å². The molecule has 0 atom stereocenters. The Balaban J connectivity index is 3.35. The van der Waals surface area contributed by atoms with Gasteiger partial charge < -0.3 is 19.5 Å². The Bertz CT molecular complexity index is 216. The van der Waals surface area contributed by atoms with Crippen LogP contribution in [0.25, 0.3) is 0 Å². The van der Waals surface area contributed by atoms with Crippen molar-refractivity contribution in [2.24, 2.45) is 0 Å². The first kappa shape index (κ1) is 15.1. The summed E-state index contributed by atoms with van der Waals surface area (Å²) in [5, 5.41) is 3.12. The van der Waals surface area contributed by atoms with Crippen molar-refractivity contribution >= 4 is 5.97 Å². The lowest BCUT2D eigenvalue weighted by Crippen LogP contribution is -2.21. The molecule has 16 heavy (non-hydrogen) atoms. The molecular formula is C11H21NO4. The van der Waals surface area contributed by atoms with Crippen molar-refractivity contribution in [3.05, 3.63) is 11.6 Å². The highest BCUT2D eigenvalue weighted by molar-refractivity contribution is 5.87. The predicted octanol–water partition coefficient (Wildman–Crippen LogP) is 0.358. The maximum Gasteiger partial charge on any atom is 0.333 e. The van der Waals surface area contributed by atoms with Gasteiger partial charge in [-0.2, -0.15) is 0 Å². The molecular weight excluding hydrogens is 210 g/mol. The van der Waals surface area contributed by atoms with Gasteiger partial charge >= 0.3 is 5.97 Å². The highest BCUT2D eigenvalue weighted by atomic mass is 16.5. The first-order chi connectivity index (χ1) is 7.72. The number of rotatable bonds is 9.